The number of benzene rings is 4. The first-order chi connectivity index (χ1) is 20.4. The van der Waals surface area contributed by atoms with Gasteiger partial charge in [0.25, 0.3) is 0 Å². The van der Waals surface area contributed by atoms with Crippen LogP contribution in [-0.2, 0) is 7.05 Å². The number of nitrogens with zero attached hydrogens (tertiary/aromatic N) is 2. The Bertz CT molecular complexity index is 2120. The molecule has 0 N–H and O–H groups in total. The molecule has 0 amide bonds. The highest BCUT2D eigenvalue weighted by Gasteiger charge is 2.23. The fraction of sp³-hybridized carbons (Fsp3) is 0.0909. The quantitative estimate of drug-likeness (QED) is 0.236. The SMILES string of the molecule is [2H]c1c([2H])c(-c2c(C)ccc3c2oc2c(-c4ccc(-c5ccccc5)c(C([2H])([2H])[2H])c4)c(C#N)ccc23)[n+](C)c([2H])c1F. The Morgan fingerprint density at radius 1 is 0.892 bits per heavy atom. The molecular formula is C33H24FN2O+. The lowest BCUT2D eigenvalue weighted by molar-refractivity contribution is -0.661. The van der Waals surface area contributed by atoms with Gasteiger partial charge in [0, 0.05) is 26.5 Å². The number of hydrogen-bond donors (Lipinski definition) is 0. The van der Waals surface area contributed by atoms with Crippen molar-refractivity contribution in [1.29, 1.82) is 5.26 Å². The average molecular weight is 490 g/mol. The van der Waals surface area contributed by atoms with Gasteiger partial charge in [-0.1, -0.05) is 60.7 Å². The number of aryl methyl sites for hydroxylation is 2. The van der Waals surface area contributed by atoms with Crippen molar-refractivity contribution in [1.82, 2.24) is 0 Å². The van der Waals surface area contributed by atoms with Crippen molar-refractivity contribution >= 4 is 21.9 Å². The van der Waals surface area contributed by atoms with Crippen molar-refractivity contribution in [2.45, 2.75) is 13.8 Å². The molecular weight excluding hydrogens is 459 g/mol. The van der Waals surface area contributed by atoms with Crippen LogP contribution >= 0.6 is 0 Å². The second kappa shape index (κ2) is 8.72. The van der Waals surface area contributed by atoms with E-state index < -0.39 is 24.9 Å². The van der Waals surface area contributed by atoms with Gasteiger partial charge in [0.15, 0.2) is 5.82 Å². The summed E-state index contributed by atoms with van der Waals surface area (Å²) in [6.07, 6.45) is -0.535. The normalized spacial score (nSPS) is 13.9. The van der Waals surface area contributed by atoms with Crippen LogP contribution in [0.2, 0.25) is 0 Å². The minimum atomic E-state index is -2.44. The average Bonchev–Trinajstić information content (AvgIpc) is 3.38. The summed E-state index contributed by atoms with van der Waals surface area (Å²) in [5, 5.41) is 11.4. The summed E-state index contributed by atoms with van der Waals surface area (Å²) in [6.45, 7) is -0.644. The summed E-state index contributed by atoms with van der Waals surface area (Å²) in [6, 6.07) is 22.5. The minimum Gasteiger partial charge on any atom is -0.454 e. The molecule has 6 rings (SSSR count). The van der Waals surface area contributed by atoms with Gasteiger partial charge in [-0.05, 0) is 59.8 Å². The largest absolute Gasteiger partial charge is 0.454 e. The van der Waals surface area contributed by atoms with Gasteiger partial charge in [0.2, 0.25) is 11.9 Å². The fourth-order valence-corrected chi connectivity index (χ4v) is 4.90. The van der Waals surface area contributed by atoms with E-state index in [1.165, 1.54) is 11.6 Å². The summed E-state index contributed by atoms with van der Waals surface area (Å²) in [5.74, 6) is -1.09. The Labute approximate surface area is 223 Å². The molecule has 0 spiro atoms. The van der Waals surface area contributed by atoms with Crippen LogP contribution in [0.1, 0.15) is 24.9 Å². The number of aromatic nitrogens is 1. The van der Waals surface area contributed by atoms with Crippen molar-refractivity contribution < 1.29 is 21.6 Å². The van der Waals surface area contributed by atoms with Crippen LogP contribution in [0.3, 0.4) is 0 Å². The monoisotopic (exact) mass is 489 g/mol. The third-order valence-corrected chi connectivity index (χ3v) is 6.66. The summed E-state index contributed by atoms with van der Waals surface area (Å²) in [4.78, 5) is 0. The zero-order valence-corrected chi connectivity index (χ0v) is 20.1. The fourth-order valence-electron chi connectivity index (χ4n) is 4.90. The minimum absolute atomic E-state index is 0.132. The Morgan fingerprint density at radius 2 is 1.65 bits per heavy atom. The molecule has 178 valence electrons. The lowest BCUT2D eigenvalue weighted by Gasteiger charge is -2.11. The Balaban J connectivity index is 1.69. The van der Waals surface area contributed by atoms with Crippen LogP contribution in [-0.4, -0.2) is 0 Å². The molecule has 3 nitrogen and oxygen atoms in total. The Morgan fingerprint density at radius 3 is 2.41 bits per heavy atom. The van der Waals surface area contributed by atoms with Crippen molar-refractivity contribution in [2.75, 3.05) is 0 Å². The van der Waals surface area contributed by atoms with Gasteiger partial charge in [-0.3, -0.25) is 0 Å². The van der Waals surface area contributed by atoms with Crippen LogP contribution < -0.4 is 4.57 Å². The molecule has 4 aromatic carbocycles. The molecule has 4 heteroatoms. The van der Waals surface area contributed by atoms with Gasteiger partial charge in [0.1, 0.15) is 19.6 Å². The molecule has 2 aromatic heterocycles. The van der Waals surface area contributed by atoms with Crippen molar-refractivity contribution in [2.24, 2.45) is 7.05 Å². The summed E-state index contributed by atoms with van der Waals surface area (Å²) in [7, 11) is 1.46. The number of fused-ring (bicyclic) bond motifs is 3. The second-order valence-electron chi connectivity index (χ2n) is 8.92. The summed E-state index contributed by atoms with van der Waals surface area (Å²) < 4.78 is 71.9. The van der Waals surface area contributed by atoms with E-state index >= 15 is 0 Å². The van der Waals surface area contributed by atoms with E-state index in [0.717, 1.165) is 5.56 Å². The van der Waals surface area contributed by atoms with Crippen LogP contribution in [0.25, 0.3) is 55.4 Å². The van der Waals surface area contributed by atoms with E-state index in [1.54, 1.807) is 37.3 Å². The third kappa shape index (κ3) is 3.68. The molecule has 0 bridgehead atoms. The van der Waals surface area contributed by atoms with Crippen molar-refractivity contribution in [3.63, 3.8) is 0 Å². The lowest BCUT2D eigenvalue weighted by Crippen LogP contribution is -2.31. The number of hydrogen-bond acceptors (Lipinski definition) is 2. The first kappa shape index (κ1) is 16.8. The first-order valence-electron chi connectivity index (χ1n) is 14.7. The highest BCUT2D eigenvalue weighted by molar-refractivity contribution is 6.14. The Kier molecular flexibility index (Phi) is 3.97. The van der Waals surface area contributed by atoms with Gasteiger partial charge in [0.05, 0.1) is 19.9 Å². The van der Waals surface area contributed by atoms with E-state index in [2.05, 4.69) is 6.07 Å². The molecule has 0 atom stereocenters. The predicted molar refractivity (Wildman–Crippen MR) is 145 cm³/mol. The maximum absolute atomic E-state index is 14.5. The molecule has 0 saturated heterocycles. The molecule has 6 aromatic rings. The van der Waals surface area contributed by atoms with Crippen LogP contribution in [0.15, 0.2) is 95.5 Å². The third-order valence-electron chi connectivity index (χ3n) is 6.66. The van der Waals surface area contributed by atoms with E-state index in [9.17, 15) is 9.65 Å². The molecule has 0 aliphatic heterocycles. The predicted octanol–water partition coefficient (Wildman–Crippen LogP) is 8.04. The number of rotatable bonds is 3. The molecule has 0 aliphatic carbocycles. The highest BCUT2D eigenvalue weighted by atomic mass is 19.1. The van der Waals surface area contributed by atoms with Crippen LogP contribution in [0.5, 0.6) is 0 Å². The smallest absolute Gasteiger partial charge is 0.216 e. The first-order valence-corrected chi connectivity index (χ1v) is 11.7. The van der Waals surface area contributed by atoms with Gasteiger partial charge >= 0.3 is 0 Å². The molecule has 0 radical (unpaired) electrons. The molecule has 0 unspecified atom stereocenters. The van der Waals surface area contributed by atoms with Crippen LogP contribution in [0, 0.1) is 30.9 Å². The van der Waals surface area contributed by atoms with Crippen molar-refractivity contribution in [3.05, 3.63) is 114 Å². The highest BCUT2D eigenvalue weighted by Crippen LogP contribution is 2.42. The molecule has 0 fully saturated rings. The summed E-state index contributed by atoms with van der Waals surface area (Å²) in [5.41, 5.74) is 4.58. The van der Waals surface area contributed by atoms with Gasteiger partial charge in [-0.15, -0.1) is 0 Å². The van der Waals surface area contributed by atoms with E-state index in [-0.39, 0.29) is 22.9 Å². The standard InChI is InChI=1S/C33H24FN2O/c1-20-9-13-27-28-15-11-24(18-35)31(23-10-14-26(21(2)17-23)22-7-5-4-6-8-22)33(28)37-32(27)30(20)29-16-12-25(34)19-36(29)3/h4-17,19H,1-3H3/q+1/i2D3,12D,16D,19D. The van der Waals surface area contributed by atoms with Crippen LogP contribution in [0.4, 0.5) is 4.39 Å². The zero-order valence-electron chi connectivity index (χ0n) is 26.1. The van der Waals surface area contributed by atoms with E-state index in [4.69, 9.17) is 12.6 Å². The summed E-state index contributed by atoms with van der Waals surface area (Å²) >= 11 is 0. The maximum atomic E-state index is 14.5. The number of furan rings is 1. The second-order valence-corrected chi connectivity index (χ2v) is 8.92. The zero-order chi connectivity index (χ0) is 30.8. The number of nitriles is 1. The topological polar surface area (TPSA) is 40.8 Å². The van der Waals surface area contributed by atoms with Gasteiger partial charge < -0.3 is 4.42 Å². The maximum Gasteiger partial charge on any atom is 0.216 e. The van der Waals surface area contributed by atoms with E-state index in [0.29, 0.717) is 49.8 Å². The number of halogens is 1. The molecule has 2 heterocycles. The molecule has 37 heavy (non-hydrogen) atoms. The molecule has 0 aliphatic rings. The van der Waals surface area contributed by atoms with Gasteiger partial charge in [-0.25, -0.2) is 4.39 Å². The van der Waals surface area contributed by atoms with E-state index in [1.807, 2.05) is 42.5 Å². The Hall–Kier alpha value is -4.75. The lowest BCUT2D eigenvalue weighted by atomic mass is 9.92. The number of pyridine rings is 1. The van der Waals surface area contributed by atoms with Gasteiger partial charge in [-0.2, -0.15) is 9.83 Å². The van der Waals surface area contributed by atoms with Crippen molar-refractivity contribution in [3.8, 4) is 39.6 Å². The molecule has 0 saturated carbocycles.